The van der Waals surface area contributed by atoms with Crippen molar-refractivity contribution in [2.75, 3.05) is 0 Å². The van der Waals surface area contributed by atoms with Gasteiger partial charge in [0.2, 0.25) is 0 Å². The Labute approximate surface area is 120 Å². The van der Waals surface area contributed by atoms with Crippen molar-refractivity contribution in [3.8, 4) is 0 Å². The molecule has 2 rings (SSSR count). The van der Waals surface area contributed by atoms with Crippen molar-refractivity contribution in [3.05, 3.63) is 0 Å². The van der Waals surface area contributed by atoms with Crippen molar-refractivity contribution in [3.63, 3.8) is 0 Å². The topological polar surface area (TPSA) is 20.2 Å². The fraction of sp³-hybridized carbons (Fsp3) is 1.00. The Morgan fingerprint density at radius 3 is 2.11 bits per heavy atom. The van der Waals surface area contributed by atoms with Crippen molar-refractivity contribution in [2.45, 2.75) is 91.1 Å². The first-order chi connectivity index (χ1) is 8.87. The number of rotatable bonds is 2. The Morgan fingerprint density at radius 1 is 1.00 bits per heavy atom. The molecule has 19 heavy (non-hydrogen) atoms. The molecule has 1 nitrogen and oxygen atoms in total. The third-order valence-electron chi connectivity index (χ3n) is 6.20. The van der Waals surface area contributed by atoms with Gasteiger partial charge < -0.3 is 5.11 Å². The van der Waals surface area contributed by atoms with E-state index in [0.29, 0.717) is 11.3 Å². The lowest BCUT2D eigenvalue weighted by atomic mass is 9.60. The molecule has 0 heterocycles. The van der Waals surface area contributed by atoms with Crippen LogP contribution in [0.5, 0.6) is 0 Å². The van der Waals surface area contributed by atoms with Gasteiger partial charge in [0.15, 0.2) is 0 Å². The third-order valence-corrected chi connectivity index (χ3v) is 6.20. The summed E-state index contributed by atoms with van der Waals surface area (Å²) in [5.41, 5.74) is 0.0842. The maximum atomic E-state index is 11.2. The highest BCUT2D eigenvalue weighted by atomic mass is 16.3. The SMILES string of the molecule is CCC1CCCCC1C1(O)CCC(C(C)(C)C)CC1. The Balaban J connectivity index is 2.00. The third kappa shape index (κ3) is 3.35. The minimum Gasteiger partial charge on any atom is -0.390 e. The van der Waals surface area contributed by atoms with Crippen molar-refractivity contribution < 1.29 is 5.11 Å². The summed E-state index contributed by atoms with van der Waals surface area (Å²) in [6.07, 6.45) is 11.2. The summed E-state index contributed by atoms with van der Waals surface area (Å²) in [4.78, 5) is 0. The quantitative estimate of drug-likeness (QED) is 0.731. The van der Waals surface area contributed by atoms with E-state index in [1.54, 1.807) is 0 Å². The van der Waals surface area contributed by atoms with Gasteiger partial charge in [0.05, 0.1) is 5.60 Å². The first kappa shape index (κ1) is 15.4. The summed E-state index contributed by atoms with van der Waals surface area (Å²) in [7, 11) is 0. The molecule has 112 valence electrons. The lowest BCUT2D eigenvalue weighted by Crippen LogP contribution is -2.47. The summed E-state index contributed by atoms with van der Waals surface area (Å²) in [5.74, 6) is 2.17. The minimum absolute atomic E-state index is 0.331. The fourth-order valence-electron chi connectivity index (χ4n) is 4.76. The molecule has 0 saturated heterocycles. The monoisotopic (exact) mass is 266 g/mol. The van der Waals surface area contributed by atoms with Gasteiger partial charge in [-0.1, -0.05) is 53.4 Å². The second kappa shape index (κ2) is 5.76. The summed E-state index contributed by atoms with van der Waals surface area (Å²) >= 11 is 0. The highest BCUT2D eigenvalue weighted by Crippen LogP contribution is 2.49. The van der Waals surface area contributed by atoms with E-state index in [9.17, 15) is 5.11 Å². The van der Waals surface area contributed by atoms with Crippen LogP contribution in [0.4, 0.5) is 0 Å². The first-order valence-corrected chi connectivity index (χ1v) is 8.59. The zero-order valence-electron chi connectivity index (χ0n) is 13.5. The second-order valence-electron chi connectivity index (χ2n) is 8.30. The summed E-state index contributed by atoms with van der Waals surface area (Å²) < 4.78 is 0. The van der Waals surface area contributed by atoms with Crippen molar-refractivity contribution in [1.82, 2.24) is 0 Å². The van der Waals surface area contributed by atoms with Crippen molar-refractivity contribution >= 4 is 0 Å². The van der Waals surface area contributed by atoms with Crippen LogP contribution >= 0.6 is 0 Å². The van der Waals surface area contributed by atoms with Gasteiger partial charge in [0, 0.05) is 0 Å². The summed E-state index contributed by atoms with van der Waals surface area (Å²) in [6, 6.07) is 0. The standard InChI is InChI=1S/C18H34O/c1-5-14-8-6-7-9-16(14)18(19)12-10-15(11-13-18)17(2,3)4/h14-16,19H,5-13H2,1-4H3. The van der Waals surface area contributed by atoms with Crippen LogP contribution in [-0.2, 0) is 0 Å². The maximum Gasteiger partial charge on any atom is 0.0678 e. The highest BCUT2D eigenvalue weighted by Gasteiger charge is 2.45. The molecule has 1 N–H and O–H groups in total. The van der Waals surface area contributed by atoms with E-state index < -0.39 is 0 Å². The summed E-state index contributed by atoms with van der Waals surface area (Å²) in [5, 5.41) is 11.2. The molecule has 0 aromatic carbocycles. The van der Waals surface area contributed by atoms with E-state index in [-0.39, 0.29) is 5.60 Å². The van der Waals surface area contributed by atoms with Crippen LogP contribution in [0.15, 0.2) is 0 Å². The molecule has 0 aromatic rings. The molecule has 0 radical (unpaired) electrons. The zero-order valence-corrected chi connectivity index (χ0v) is 13.5. The maximum absolute atomic E-state index is 11.2. The molecular weight excluding hydrogens is 232 g/mol. The Morgan fingerprint density at radius 2 is 1.58 bits per heavy atom. The minimum atomic E-state index is -0.331. The molecular formula is C18H34O. The van der Waals surface area contributed by atoms with E-state index in [4.69, 9.17) is 0 Å². The predicted octanol–water partition coefficient (Wildman–Crippen LogP) is 5.17. The van der Waals surface area contributed by atoms with Crippen LogP contribution in [0, 0.1) is 23.2 Å². The predicted molar refractivity (Wildman–Crippen MR) is 82.1 cm³/mol. The average Bonchev–Trinajstić information content (AvgIpc) is 2.38. The highest BCUT2D eigenvalue weighted by molar-refractivity contribution is 4.96. The van der Waals surface area contributed by atoms with Gasteiger partial charge in [-0.3, -0.25) is 0 Å². The molecule has 2 fully saturated rings. The Kier molecular flexibility index (Phi) is 4.65. The molecule has 2 atom stereocenters. The van der Waals surface area contributed by atoms with Crippen LogP contribution in [0.1, 0.15) is 85.5 Å². The number of aliphatic hydroxyl groups is 1. The van der Waals surface area contributed by atoms with Gasteiger partial charge in [0.1, 0.15) is 0 Å². The van der Waals surface area contributed by atoms with E-state index in [1.165, 1.54) is 44.9 Å². The molecule has 0 aliphatic heterocycles. The molecule has 0 spiro atoms. The Bertz CT molecular complexity index is 281. The van der Waals surface area contributed by atoms with Gasteiger partial charge >= 0.3 is 0 Å². The van der Waals surface area contributed by atoms with Crippen LogP contribution in [-0.4, -0.2) is 10.7 Å². The van der Waals surface area contributed by atoms with Gasteiger partial charge in [-0.15, -0.1) is 0 Å². The molecule has 0 amide bonds. The average molecular weight is 266 g/mol. The van der Waals surface area contributed by atoms with E-state index in [0.717, 1.165) is 24.7 Å². The second-order valence-corrected chi connectivity index (χ2v) is 8.30. The molecule has 0 bridgehead atoms. The smallest absolute Gasteiger partial charge is 0.0678 e. The van der Waals surface area contributed by atoms with Gasteiger partial charge in [-0.25, -0.2) is 0 Å². The molecule has 2 saturated carbocycles. The van der Waals surface area contributed by atoms with Gasteiger partial charge in [-0.05, 0) is 55.3 Å². The molecule has 2 aliphatic rings. The van der Waals surface area contributed by atoms with E-state index in [2.05, 4.69) is 27.7 Å². The number of hydrogen-bond donors (Lipinski definition) is 1. The number of hydrogen-bond acceptors (Lipinski definition) is 1. The fourth-order valence-corrected chi connectivity index (χ4v) is 4.76. The molecule has 2 unspecified atom stereocenters. The van der Waals surface area contributed by atoms with Gasteiger partial charge in [-0.2, -0.15) is 0 Å². The van der Waals surface area contributed by atoms with Gasteiger partial charge in [0.25, 0.3) is 0 Å². The van der Waals surface area contributed by atoms with Crippen LogP contribution in [0.25, 0.3) is 0 Å². The molecule has 0 aromatic heterocycles. The van der Waals surface area contributed by atoms with Crippen LogP contribution in [0.3, 0.4) is 0 Å². The molecule has 1 heteroatoms. The Hall–Kier alpha value is -0.0400. The normalized spacial score (nSPS) is 41.2. The van der Waals surface area contributed by atoms with Crippen LogP contribution in [0.2, 0.25) is 0 Å². The van der Waals surface area contributed by atoms with Crippen molar-refractivity contribution in [1.29, 1.82) is 0 Å². The molecule has 2 aliphatic carbocycles. The van der Waals surface area contributed by atoms with Crippen molar-refractivity contribution in [2.24, 2.45) is 23.2 Å². The van der Waals surface area contributed by atoms with Crippen LogP contribution < -0.4 is 0 Å². The van der Waals surface area contributed by atoms with E-state index in [1.807, 2.05) is 0 Å². The van der Waals surface area contributed by atoms with E-state index >= 15 is 0 Å². The lowest BCUT2D eigenvalue weighted by molar-refractivity contribution is -0.0985. The largest absolute Gasteiger partial charge is 0.390 e. The first-order valence-electron chi connectivity index (χ1n) is 8.59. The zero-order chi connectivity index (χ0) is 14.1. The summed E-state index contributed by atoms with van der Waals surface area (Å²) in [6.45, 7) is 9.39. The lowest BCUT2D eigenvalue weighted by Gasteiger charge is -2.48.